The van der Waals surface area contributed by atoms with Crippen LogP contribution in [0, 0.1) is 0 Å². The van der Waals surface area contributed by atoms with Crippen molar-refractivity contribution >= 4 is 21.6 Å². The molecule has 0 saturated carbocycles. The standard InChI is InChI=1S/C13H15NS/c1-2-3-4-5-10-13-14-11-8-6-7-9-12(11)15-13/h4-9H,2-3,10H2,1H3/b5-4+. The number of benzene rings is 1. The molecular formula is C13H15NS. The van der Waals surface area contributed by atoms with Gasteiger partial charge in [-0.2, -0.15) is 0 Å². The van der Waals surface area contributed by atoms with Crippen molar-refractivity contribution in [2.75, 3.05) is 0 Å². The Morgan fingerprint density at radius 1 is 1.27 bits per heavy atom. The molecule has 1 heterocycles. The van der Waals surface area contributed by atoms with Crippen LogP contribution in [0.4, 0.5) is 0 Å². The van der Waals surface area contributed by atoms with Gasteiger partial charge in [-0.25, -0.2) is 4.98 Å². The minimum absolute atomic E-state index is 0.972. The molecule has 0 atom stereocenters. The Morgan fingerprint density at radius 2 is 2.13 bits per heavy atom. The summed E-state index contributed by atoms with van der Waals surface area (Å²) >= 11 is 1.79. The van der Waals surface area contributed by atoms with Crippen molar-refractivity contribution in [2.24, 2.45) is 0 Å². The third kappa shape index (κ3) is 2.66. The molecule has 0 aliphatic carbocycles. The van der Waals surface area contributed by atoms with Crippen LogP contribution < -0.4 is 0 Å². The van der Waals surface area contributed by atoms with Crippen LogP contribution in [-0.2, 0) is 6.42 Å². The van der Waals surface area contributed by atoms with E-state index in [4.69, 9.17) is 0 Å². The molecule has 0 N–H and O–H groups in total. The Morgan fingerprint density at radius 3 is 2.93 bits per heavy atom. The molecule has 0 fully saturated rings. The first-order chi connectivity index (χ1) is 7.40. The van der Waals surface area contributed by atoms with E-state index < -0.39 is 0 Å². The maximum absolute atomic E-state index is 4.58. The number of allylic oxidation sites excluding steroid dienone is 2. The summed E-state index contributed by atoms with van der Waals surface area (Å²) in [7, 11) is 0. The summed E-state index contributed by atoms with van der Waals surface area (Å²) in [6.45, 7) is 2.20. The molecule has 0 radical (unpaired) electrons. The van der Waals surface area contributed by atoms with Crippen LogP contribution >= 0.6 is 11.3 Å². The first-order valence-electron chi connectivity index (χ1n) is 5.39. The molecule has 1 nitrogen and oxygen atoms in total. The van der Waals surface area contributed by atoms with Crippen molar-refractivity contribution in [3.63, 3.8) is 0 Å². The van der Waals surface area contributed by atoms with Gasteiger partial charge < -0.3 is 0 Å². The summed E-state index contributed by atoms with van der Waals surface area (Å²) in [4.78, 5) is 4.58. The number of unbranched alkanes of at least 4 members (excludes halogenated alkanes) is 1. The monoisotopic (exact) mass is 217 g/mol. The first-order valence-corrected chi connectivity index (χ1v) is 6.21. The van der Waals surface area contributed by atoms with Crippen LogP contribution in [0.1, 0.15) is 24.8 Å². The minimum atomic E-state index is 0.972. The van der Waals surface area contributed by atoms with E-state index in [0.29, 0.717) is 0 Å². The lowest BCUT2D eigenvalue weighted by atomic mass is 10.3. The molecule has 2 heteroatoms. The molecule has 0 saturated heterocycles. The Kier molecular flexibility index (Phi) is 3.51. The van der Waals surface area contributed by atoms with Gasteiger partial charge in [0, 0.05) is 6.42 Å². The SMILES string of the molecule is CCC/C=C/Cc1nc2ccccc2s1. The largest absolute Gasteiger partial charge is 0.241 e. The topological polar surface area (TPSA) is 12.9 Å². The fourth-order valence-corrected chi connectivity index (χ4v) is 2.42. The Labute approximate surface area is 94.5 Å². The van der Waals surface area contributed by atoms with Crippen molar-refractivity contribution in [3.05, 3.63) is 41.4 Å². The van der Waals surface area contributed by atoms with Crippen LogP contribution in [-0.4, -0.2) is 4.98 Å². The molecule has 0 bridgehead atoms. The van der Waals surface area contributed by atoms with Gasteiger partial charge in [0.05, 0.1) is 15.2 Å². The zero-order valence-corrected chi connectivity index (χ0v) is 9.76. The molecule has 78 valence electrons. The lowest BCUT2D eigenvalue weighted by Gasteiger charge is -1.86. The van der Waals surface area contributed by atoms with E-state index in [1.54, 1.807) is 11.3 Å². The summed E-state index contributed by atoms with van der Waals surface area (Å²) in [5.74, 6) is 0. The second kappa shape index (κ2) is 5.08. The molecule has 0 amide bonds. The van der Waals surface area contributed by atoms with Crippen molar-refractivity contribution < 1.29 is 0 Å². The molecule has 0 aliphatic heterocycles. The van der Waals surface area contributed by atoms with Crippen LogP contribution in [0.25, 0.3) is 10.2 Å². The number of thiazole rings is 1. The molecule has 0 unspecified atom stereocenters. The summed E-state index contributed by atoms with van der Waals surface area (Å²) in [5.41, 5.74) is 1.13. The third-order valence-electron chi connectivity index (χ3n) is 2.25. The van der Waals surface area contributed by atoms with Crippen LogP contribution in [0.2, 0.25) is 0 Å². The van der Waals surface area contributed by atoms with Gasteiger partial charge in [0.1, 0.15) is 0 Å². The fourth-order valence-electron chi connectivity index (χ4n) is 1.48. The third-order valence-corrected chi connectivity index (χ3v) is 3.31. The van der Waals surface area contributed by atoms with E-state index in [1.165, 1.54) is 22.5 Å². The molecular weight excluding hydrogens is 202 g/mol. The first kappa shape index (κ1) is 10.4. The summed E-state index contributed by atoms with van der Waals surface area (Å²) in [5, 5.41) is 1.21. The van der Waals surface area contributed by atoms with E-state index in [1.807, 2.05) is 6.07 Å². The average molecular weight is 217 g/mol. The fraction of sp³-hybridized carbons (Fsp3) is 0.308. The molecule has 2 aromatic rings. The minimum Gasteiger partial charge on any atom is -0.241 e. The quantitative estimate of drug-likeness (QED) is 0.700. The highest BCUT2D eigenvalue weighted by atomic mass is 32.1. The molecule has 0 aliphatic rings. The zero-order valence-electron chi connectivity index (χ0n) is 8.94. The summed E-state index contributed by atoms with van der Waals surface area (Å²) in [6, 6.07) is 8.31. The maximum Gasteiger partial charge on any atom is 0.0976 e. The normalized spacial score (nSPS) is 11.5. The zero-order chi connectivity index (χ0) is 10.5. The molecule has 15 heavy (non-hydrogen) atoms. The van der Waals surface area contributed by atoms with E-state index in [0.717, 1.165) is 11.9 Å². The van der Waals surface area contributed by atoms with Gasteiger partial charge in [-0.1, -0.05) is 37.6 Å². The van der Waals surface area contributed by atoms with E-state index in [2.05, 4.69) is 42.3 Å². The average Bonchev–Trinajstić information content (AvgIpc) is 2.67. The molecule has 1 aromatic carbocycles. The van der Waals surface area contributed by atoms with E-state index in [9.17, 15) is 0 Å². The number of rotatable bonds is 4. The highest BCUT2D eigenvalue weighted by Gasteiger charge is 1.99. The number of para-hydroxylation sites is 1. The van der Waals surface area contributed by atoms with Crippen molar-refractivity contribution in [3.8, 4) is 0 Å². The van der Waals surface area contributed by atoms with Gasteiger partial charge in [-0.05, 0) is 18.6 Å². The van der Waals surface area contributed by atoms with Gasteiger partial charge in [0.25, 0.3) is 0 Å². The van der Waals surface area contributed by atoms with Gasteiger partial charge in [0.2, 0.25) is 0 Å². The highest BCUT2D eigenvalue weighted by molar-refractivity contribution is 7.18. The van der Waals surface area contributed by atoms with Crippen LogP contribution in [0.15, 0.2) is 36.4 Å². The number of nitrogens with zero attached hydrogens (tertiary/aromatic N) is 1. The second-order valence-electron chi connectivity index (χ2n) is 3.54. The summed E-state index contributed by atoms with van der Waals surface area (Å²) in [6.07, 6.45) is 7.83. The van der Waals surface area contributed by atoms with E-state index in [-0.39, 0.29) is 0 Å². The molecule has 2 rings (SSSR count). The number of hydrogen-bond acceptors (Lipinski definition) is 2. The Bertz CT molecular complexity index is 423. The lowest BCUT2D eigenvalue weighted by molar-refractivity contribution is 0.953. The predicted molar refractivity (Wildman–Crippen MR) is 67.4 cm³/mol. The van der Waals surface area contributed by atoms with Crippen molar-refractivity contribution in [1.82, 2.24) is 4.98 Å². The smallest absolute Gasteiger partial charge is 0.0976 e. The highest BCUT2D eigenvalue weighted by Crippen LogP contribution is 2.21. The van der Waals surface area contributed by atoms with E-state index >= 15 is 0 Å². The van der Waals surface area contributed by atoms with Gasteiger partial charge >= 0.3 is 0 Å². The summed E-state index contributed by atoms with van der Waals surface area (Å²) < 4.78 is 1.29. The van der Waals surface area contributed by atoms with Crippen molar-refractivity contribution in [1.29, 1.82) is 0 Å². The number of fused-ring (bicyclic) bond motifs is 1. The number of hydrogen-bond donors (Lipinski definition) is 0. The van der Waals surface area contributed by atoms with Crippen LogP contribution in [0.5, 0.6) is 0 Å². The maximum atomic E-state index is 4.58. The predicted octanol–water partition coefficient (Wildman–Crippen LogP) is 4.20. The lowest BCUT2D eigenvalue weighted by Crippen LogP contribution is -1.77. The van der Waals surface area contributed by atoms with Gasteiger partial charge in [-0.3, -0.25) is 0 Å². The van der Waals surface area contributed by atoms with Crippen LogP contribution in [0.3, 0.4) is 0 Å². The number of aromatic nitrogens is 1. The van der Waals surface area contributed by atoms with Gasteiger partial charge in [0.15, 0.2) is 0 Å². The molecule has 0 spiro atoms. The Balaban J connectivity index is 2.09. The Hall–Kier alpha value is -1.15. The second-order valence-corrected chi connectivity index (χ2v) is 4.65. The van der Waals surface area contributed by atoms with Crippen molar-refractivity contribution in [2.45, 2.75) is 26.2 Å². The van der Waals surface area contributed by atoms with Gasteiger partial charge in [-0.15, -0.1) is 11.3 Å². The molecule has 1 aromatic heterocycles.